The van der Waals surface area contributed by atoms with Gasteiger partial charge in [0.25, 0.3) is 0 Å². The van der Waals surface area contributed by atoms with E-state index in [1.165, 1.54) is 0 Å². The van der Waals surface area contributed by atoms with Crippen molar-refractivity contribution < 1.29 is 14.3 Å². The van der Waals surface area contributed by atoms with Crippen molar-refractivity contribution in [2.24, 2.45) is 0 Å². The van der Waals surface area contributed by atoms with E-state index < -0.39 is 0 Å². The van der Waals surface area contributed by atoms with Gasteiger partial charge < -0.3 is 9.47 Å². The summed E-state index contributed by atoms with van der Waals surface area (Å²) in [6, 6.07) is 14.2. The predicted octanol–water partition coefficient (Wildman–Crippen LogP) is 4.00. The van der Waals surface area contributed by atoms with Crippen molar-refractivity contribution in [1.82, 2.24) is 0 Å². The summed E-state index contributed by atoms with van der Waals surface area (Å²) in [7, 11) is 0. The zero-order valence-corrected chi connectivity index (χ0v) is 11.9. The molecular weight excluding hydrogens is 276 g/mol. The Balaban J connectivity index is 2.06. The molecule has 20 heavy (non-hydrogen) atoms. The molecule has 0 aliphatic rings. The molecule has 0 saturated heterocycles. The quantitative estimate of drug-likeness (QED) is 0.754. The van der Waals surface area contributed by atoms with Gasteiger partial charge in [0.1, 0.15) is 0 Å². The lowest BCUT2D eigenvalue weighted by molar-refractivity contribution is 0.0919. The van der Waals surface area contributed by atoms with Crippen molar-refractivity contribution in [2.45, 2.75) is 6.92 Å². The molecule has 2 rings (SSSR count). The normalized spacial score (nSPS) is 10.1. The molecule has 0 fully saturated rings. The molecule has 0 aliphatic heterocycles. The van der Waals surface area contributed by atoms with Crippen molar-refractivity contribution in [2.75, 3.05) is 13.2 Å². The van der Waals surface area contributed by atoms with Gasteiger partial charge in [0.15, 0.2) is 18.1 Å². The lowest BCUT2D eigenvalue weighted by Crippen LogP contribution is -2.12. The van der Waals surface area contributed by atoms with Crippen LogP contribution < -0.4 is 9.47 Å². The van der Waals surface area contributed by atoms with Gasteiger partial charge in [0.05, 0.1) is 11.6 Å². The molecule has 0 bridgehead atoms. The minimum Gasteiger partial charge on any atom is -0.490 e. The van der Waals surface area contributed by atoms with Gasteiger partial charge in [0.2, 0.25) is 5.78 Å². The molecule has 0 N–H and O–H groups in total. The van der Waals surface area contributed by atoms with Crippen molar-refractivity contribution >= 4 is 17.4 Å². The van der Waals surface area contributed by atoms with E-state index >= 15 is 0 Å². The van der Waals surface area contributed by atoms with E-state index in [1.807, 2.05) is 19.1 Å². The van der Waals surface area contributed by atoms with Crippen molar-refractivity contribution in [3.8, 4) is 11.5 Å². The molecule has 0 unspecified atom stereocenters. The Morgan fingerprint density at radius 3 is 2.25 bits per heavy atom. The number of carbonyl (C=O) groups excluding carboxylic acids is 1. The van der Waals surface area contributed by atoms with Crippen LogP contribution in [-0.4, -0.2) is 19.0 Å². The van der Waals surface area contributed by atoms with Gasteiger partial charge in [-0.2, -0.15) is 0 Å². The molecule has 0 aromatic heterocycles. The Kier molecular flexibility index (Phi) is 5.02. The smallest absolute Gasteiger partial charge is 0.201 e. The second-order valence-corrected chi connectivity index (χ2v) is 4.48. The first-order valence-electron chi connectivity index (χ1n) is 6.34. The Bertz CT molecular complexity index is 596. The number of Topliss-reactive ketones (excluding diaryl/α,β-unsaturated/α-hetero) is 1. The number of ketones is 1. The van der Waals surface area contributed by atoms with E-state index in [1.54, 1.807) is 36.4 Å². The average molecular weight is 291 g/mol. The van der Waals surface area contributed by atoms with E-state index in [2.05, 4.69) is 0 Å². The lowest BCUT2D eigenvalue weighted by atomic mass is 10.1. The fourth-order valence-electron chi connectivity index (χ4n) is 1.75. The zero-order valence-electron chi connectivity index (χ0n) is 11.1. The van der Waals surface area contributed by atoms with Crippen LogP contribution in [0.3, 0.4) is 0 Å². The van der Waals surface area contributed by atoms with Crippen LogP contribution in [0.4, 0.5) is 0 Å². The largest absolute Gasteiger partial charge is 0.490 e. The number of benzene rings is 2. The topological polar surface area (TPSA) is 35.5 Å². The van der Waals surface area contributed by atoms with Crippen molar-refractivity contribution in [3.05, 3.63) is 59.1 Å². The van der Waals surface area contributed by atoms with Crippen molar-refractivity contribution in [1.29, 1.82) is 0 Å². The Labute approximate surface area is 123 Å². The predicted molar refractivity (Wildman–Crippen MR) is 78.9 cm³/mol. The van der Waals surface area contributed by atoms with Gasteiger partial charge in [-0.1, -0.05) is 35.9 Å². The molecule has 0 heterocycles. The molecular formula is C16H15ClO3. The summed E-state index contributed by atoms with van der Waals surface area (Å²) < 4.78 is 11.0. The summed E-state index contributed by atoms with van der Waals surface area (Å²) >= 11 is 5.98. The number of hydrogen-bond acceptors (Lipinski definition) is 3. The number of para-hydroxylation sites is 2. The summed E-state index contributed by atoms with van der Waals surface area (Å²) in [5.41, 5.74) is 0.461. The van der Waals surface area contributed by atoms with E-state index in [4.69, 9.17) is 21.1 Å². The van der Waals surface area contributed by atoms with E-state index in [9.17, 15) is 4.79 Å². The molecule has 104 valence electrons. The maximum absolute atomic E-state index is 12.1. The van der Waals surface area contributed by atoms with Crippen LogP contribution in [0.25, 0.3) is 0 Å². The van der Waals surface area contributed by atoms with Gasteiger partial charge in [-0.25, -0.2) is 0 Å². The second kappa shape index (κ2) is 6.96. The number of hydrogen-bond donors (Lipinski definition) is 0. The van der Waals surface area contributed by atoms with E-state index in [-0.39, 0.29) is 12.4 Å². The van der Waals surface area contributed by atoms with Crippen LogP contribution in [0.15, 0.2) is 48.5 Å². The molecule has 0 amide bonds. The fraction of sp³-hybridized carbons (Fsp3) is 0.188. The molecule has 2 aromatic rings. The Morgan fingerprint density at radius 2 is 1.60 bits per heavy atom. The first kappa shape index (κ1) is 14.4. The molecule has 2 aromatic carbocycles. The summed E-state index contributed by atoms with van der Waals surface area (Å²) in [6.07, 6.45) is 0. The van der Waals surface area contributed by atoms with Gasteiger partial charge in [0, 0.05) is 5.56 Å². The summed E-state index contributed by atoms with van der Waals surface area (Å²) in [6.45, 7) is 2.36. The van der Waals surface area contributed by atoms with E-state index in [0.29, 0.717) is 28.7 Å². The number of rotatable bonds is 6. The average Bonchev–Trinajstić information content (AvgIpc) is 2.47. The van der Waals surface area contributed by atoms with Crippen LogP contribution in [0.5, 0.6) is 11.5 Å². The number of halogens is 1. The third kappa shape index (κ3) is 3.52. The lowest BCUT2D eigenvalue weighted by Gasteiger charge is -2.11. The second-order valence-electron chi connectivity index (χ2n) is 4.07. The fourth-order valence-corrected chi connectivity index (χ4v) is 1.99. The standard InChI is InChI=1S/C16H15ClO3/c1-2-19-15-9-5-6-10-16(15)20-11-14(18)12-7-3-4-8-13(12)17/h3-10H,2,11H2,1H3. The van der Waals surface area contributed by atoms with E-state index in [0.717, 1.165) is 0 Å². The van der Waals surface area contributed by atoms with Gasteiger partial charge >= 0.3 is 0 Å². The molecule has 0 atom stereocenters. The molecule has 4 heteroatoms. The minimum absolute atomic E-state index is 0.0756. The van der Waals surface area contributed by atoms with Crippen LogP contribution in [0.2, 0.25) is 5.02 Å². The summed E-state index contributed by atoms with van der Waals surface area (Å²) in [4.78, 5) is 12.1. The number of ether oxygens (including phenoxy) is 2. The van der Waals surface area contributed by atoms with Crippen molar-refractivity contribution in [3.63, 3.8) is 0 Å². The third-order valence-corrected chi connectivity index (χ3v) is 3.01. The molecule has 0 radical (unpaired) electrons. The number of carbonyl (C=O) groups is 1. The van der Waals surface area contributed by atoms with Gasteiger partial charge in [-0.3, -0.25) is 4.79 Å². The highest BCUT2D eigenvalue weighted by Gasteiger charge is 2.12. The van der Waals surface area contributed by atoms with Crippen LogP contribution in [-0.2, 0) is 0 Å². The highest BCUT2D eigenvalue weighted by atomic mass is 35.5. The Hall–Kier alpha value is -2.00. The first-order chi connectivity index (χ1) is 9.72. The SMILES string of the molecule is CCOc1ccccc1OCC(=O)c1ccccc1Cl. The zero-order chi connectivity index (χ0) is 14.4. The maximum atomic E-state index is 12.1. The third-order valence-electron chi connectivity index (χ3n) is 2.68. The first-order valence-corrected chi connectivity index (χ1v) is 6.72. The Morgan fingerprint density at radius 1 is 1.00 bits per heavy atom. The monoisotopic (exact) mass is 290 g/mol. The highest BCUT2D eigenvalue weighted by molar-refractivity contribution is 6.34. The summed E-state index contributed by atoms with van der Waals surface area (Å²) in [5.74, 6) is 1.01. The van der Waals surface area contributed by atoms with Gasteiger partial charge in [-0.05, 0) is 31.2 Å². The molecule has 3 nitrogen and oxygen atoms in total. The molecule has 0 aliphatic carbocycles. The highest BCUT2D eigenvalue weighted by Crippen LogP contribution is 2.26. The van der Waals surface area contributed by atoms with Crippen LogP contribution >= 0.6 is 11.6 Å². The van der Waals surface area contributed by atoms with Gasteiger partial charge in [-0.15, -0.1) is 0 Å². The molecule has 0 saturated carbocycles. The maximum Gasteiger partial charge on any atom is 0.201 e. The molecule has 0 spiro atoms. The minimum atomic E-state index is -0.165. The van der Waals surface area contributed by atoms with Crippen LogP contribution in [0.1, 0.15) is 17.3 Å². The van der Waals surface area contributed by atoms with Crippen LogP contribution in [0, 0.1) is 0 Å². The summed E-state index contributed by atoms with van der Waals surface area (Å²) in [5, 5.41) is 0.430.